The molecule has 190 valence electrons. The zero-order valence-corrected chi connectivity index (χ0v) is 23.0. The van der Waals surface area contributed by atoms with Crippen molar-refractivity contribution in [2.45, 2.75) is 78.9 Å². The third-order valence-corrected chi connectivity index (χ3v) is 6.46. The first-order valence-electron chi connectivity index (χ1n) is 12.0. The first-order valence-corrected chi connectivity index (χ1v) is 12.0. The maximum atomic E-state index is 13.7. The monoisotopic (exact) mass is 471 g/mol. The summed E-state index contributed by atoms with van der Waals surface area (Å²) in [6, 6.07) is 8.47. The van der Waals surface area contributed by atoms with E-state index in [1.165, 1.54) is 0 Å². The lowest BCUT2D eigenvalue weighted by atomic mass is 9.76. The van der Waals surface area contributed by atoms with Gasteiger partial charge in [-0.05, 0) is 43.5 Å². The molecule has 0 fully saturated rings. The Labute approximate surface area is 206 Å². The van der Waals surface area contributed by atoms with Gasteiger partial charge in [0.2, 0.25) is 11.8 Å². The quantitative estimate of drug-likeness (QED) is 0.413. The van der Waals surface area contributed by atoms with Crippen LogP contribution in [0.25, 0.3) is 0 Å². The van der Waals surface area contributed by atoms with Crippen molar-refractivity contribution in [3.63, 3.8) is 0 Å². The van der Waals surface area contributed by atoms with Crippen molar-refractivity contribution in [3.8, 4) is 0 Å². The number of nitrogens with zero attached hydrogens (tertiary/aromatic N) is 2. The molecule has 0 saturated heterocycles. The number of hydrogen-bond donors (Lipinski definition) is 1. The molecule has 0 aliphatic carbocycles. The van der Waals surface area contributed by atoms with Gasteiger partial charge in [0.1, 0.15) is 12.3 Å². The summed E-state index contributed by atoms with van der Waals surface area (Å²) < 4.78 is 0. The van der Waals surface area contributed by atoms with Crippen LogP contribution in [0.2, 0.25) is 0 Å². The van der Waals surface area contributed by atoms with E-state index in [0.29, 0.717) is 5.57 Å². The Kier molecular flexibility index (Phi) is 10.2. The fourth-order valence-electron chi connectivity index (χ4n) is 4.51. The molecule has 1 rings (SSSR count). The summed E-state index contributed by atoms with van der Waals surface area (Å²) >= 11 is 0. The highest BCUT2D eigenvalue weighted by Crippen LogP contribution is 2.31. The molecule has 0 aliphatic heterocycles. The second kappa shape index (κ2) is 11.8. The van der Waals surface area contributed by atoms with E-state index >= 15 is 0 Å². The maximum absolute atomic E-state index is 13.7. The van der Waals surface area contributed by atoms with Crippen LogP contribution >= 0.6 is 0 Å². The van der Waals surface area contributed by atoms with Gasteiger partial charge in [-0.1, -0.05) is 84.9 Å². The van der Waals surface area contributed by atoms with Crippen LogP contribution in [0.3, 0.4) is 0 Å². The molecule has 0 aliphatic rings. The molecule has 0 spiro atoms. The highest BCUT2D eigenvalue weighted by Gasteiger charge is 2.43. The lowest BCUT2D eigenvalue weighted by Crippen LogP contribution is -2.61. The topological polar surface area (TPSA) is 69.7 Å². The molecule has 1 aromatic rings. The smallest absolute Gasteiger partial charge is 0.245 e. The molecule has 1 N–H and O–H groups in total. The highest BCUT2D eigenvalue weighted by atomic mass is 16.2. The predicted molar refractivity (Wildman–Crippen MR) is 140 cm³/mol. The zero-order valence-electron chi connectivity index (χ0n) is 23.0. The van der Waals surface area contributed by atoms with E-state index in [0.717, 1.165) is 11.8 Å². The second-order valence-electron chi connectivity index (χ2n) is 11.5. The summed E-state index contributed by atoms with van der Waals surface area (Å²) in [7, 11) is 5.51. The van der Waals surface area contributed by atoms with Crippen LogP contribution in [-0.2, 0) is 19.8 Å². The van der Waals surface area contributed by atoms with Gasteiger partial charge in [0, 0.05) is 12.5 Å². The van der Waals surface area contributed by atoms with Crippen LogP contribution < -0.4 is 5.32 Å². The number of benzene rings is 1. The average molecular weight is 472 g/mol. The Morgan fingerprint density at radius 2 is 1.50 bits per heavy atom. The van der Waals surface area contributed by atoms with Gasteiger partial charge < -0.3 is 10.2 Å². The van der Waals surface area contributed by atoms with Crippen molar-refractivity contribution in [2.24, 2.45) is 11.3 Å². The Balaban J connectivity index is 3.35. The van der Waals surface area contributed by atoms with Crippen molar-refractivity contribution < 1.29 is 14.4 Å². The Morgan fingerprint density at radius 1 is 0.971 bits per heavy atom. The summed E-state index contributed by atoms with van der Waals surface area (Å²) in [4.78, 5) is 42.2. The van der Waals surface area contributed by atoms with Crippen LogP contribution in [0.4, 0.5) is 0 Å². The first-order chi connectivity index (χ1) is 15.5. The molecule has 3 atom stereocenters. The Morgan fingerprint density at radius 3 is 1.91 bits per heavy atom. The summed E-state index contributed by atoms with van der Waals surface area (Å²) in [6.07, 6.45) is 2.61. The number of carbonyl (C=O) groups excluding carboxylic acids is 3. The molecule has 34 heavy (non-hydrogen) atoms. The minimum Gasteiger partial charge on any atom is -0.342 e. The minimum absolute atomic E-state index is 0.103. The Bertz CT molecular complexity index is 867. The average Bonchev–Trinajstić information content (AvgIpc) is 2.73. The van der Waals surface area contributed by atoms with Gasteiger partial charge >= 0.3 is 0 Å². The van der Waals surface area contributed by atoms with Gasteiger partial charge in [-0.3, -0.25) is 19.3 Å². The van der Waals surface area contributed by atoms with Gasteiger partial charge in [-0.15, -0.1) is 0 Å². The van der Waals surface area contributed by atoms with E-state index in [4.69, 9.17) is 0 Å². The summed E-state index contributed by atoms with van der Waals surface area (Å²) in [5, 5.41) is 3.09. The molecule has 1 aromatic carbocycles. The van der Waals surface area contributed by atoms with Crippen molar-refractivity contribution in [1.29, 1.82) is 0 Å². The van der Waals surface area contributed by atoms with Crippen LogP contribution in [0.15, 0.2) is 42.0 Å². The SMILES string of the molecule is C/C(C=O)=C\C(C(C)C)N(C)C(=O)C(NC(=O)C(N(C)C)C(C)(C)c1ccccc1)C(C)(C)C. The normalized spacial score (nSPS) is 15.6. The number of hydrogen-bond acceptors (Lipinski definition) is 4. The fourth-order valence-corrected chi connectivity index (χ4v) is 4.51. The van der Waals surface area contributed by atoms with E-state index in [1.807, 2.05) is 90.0 Å². The Hall–Kier alpha value is -2.47. The minimum atomic E-state index is -0.731. The molecule has 6 nitrogen and oxygen atoms in total. The van der Waals surface area contributed by atoms with E-state index in [2.05, 4.69) is 19.2 Å². The van der Waals surface area contributed by atoms with E-state index in [1.54, 1.807) is 18.9 Å². The lowest BCUT2D eigenvalue weighted by molar-refractivity contribution is -0.141. The van der Waals surface area contributed by atoms with Crippen molar-refractivity contribution in [1.82, 2.24) is 15.1 Å². The van der Waals surface area contributed by atoms with Crippen LogP contribution in [0.1, 0.15) is 61.0 Å². The van der Waals surface area contributed by atoms with Crippen LogP contribution in [0.5, 0.6) is 0 Å². The molecule has 0 heterocycles. The van der Waals surface area contributed by atoms with E-state index < -0.39 is 22.9 Å². The van der Waals surface area contributed by atoms with Gasteiger partial charge in [-0.25, -0.2) is 0 Å². The second-order valence-corrected chi connectivity index (χ2v) is 11.5. The van der Waals surface area contributed by atoms with Gasteiger partial charge in [-0.2, -0.15) is 0 Å². The number of aldehydes is 1. The van der Waals surface area contributed by atoms with Gasteiger partial charge in [0.05, 0.1) is 12.1 Å². The molecule has 3 unspecified atom stereocenters. The predicted octanol–water partition coefficient (Wildman–Crippen LogP) is 4.05. The maximum Gasteiger partial charge on any atom is 0.245 e. The molecule has 6 heteroatoms. The third kappa shape index (κ3) is 7.26. The van der Waals surface area contributed by atoms with Crippen molar-refractivity contribution in [2.75, 3.05) is 21.1 Å². The number of rotatable bonds is 10. The number of carbonyl (C=O) groups is 3. The molecule has 0 bridgehead atoms. The molecule has 0 saturated carbocycles. The lowest BCUT2D eigenvalue weighted by Gasteiger charge is -2.41. The number of likely N-dealkylation sites (N-methyl/N-ethyl adjacent to an activating group) is 2. The molecule has 0 radical (unpaired) electrons. The summed E-state index contributed by atoms with van der Waals surface area (Å²) in [5.74, 6) is -0.266. The standard InChI is InChI=1S/C28H45N3O3/c1-19(2)22(17-20(3)18-32)31(11)26(34)23(27(4,5)6)29-25(33)24(30(9)10)28(7,8)21-15-13-12-14-16-21/h12-19,22-24H,1-11H3,(H,29,33)/b20-17+. The van der Waals surface area contributed by atoms with Crippen LogP contribution in [0, 0.1) is 11.3 Å². The van der Waals surface area contributed by atoms with E-state index in [9.17, 15) is 14.4 Å². The third-order valence-electron chi connectivity index (χ3n) is 6.46. The zero-order chi connectivity index (χ0) is 26.4. The van der Waals surface area contributed by atoms with E-state index in [-0.39, 0.29) is 23.8 Å². The highest BCUT2D eigenvalue weighted by molar-refractivity contribution is 5.91. The van der Waals surface area contributed by atoms with Crippen molar-refractivity contribution >= 4 is 18.1 Å². The number of amides is 2. The first kappa shape index (κ1) is 29.6. The summed E-state index contributed by atoms with van der Waals surface area (Å²) in [6.45, 7) is 15.7. The van der Waals surface area contributed by atoms with Crippen LogP contribution in [-0.4, -0.2) is 67.2 Å². The molecule has 2 amide bonds. The number of allylic oxidation sites excluding steroid dienone is 1. The molecule has 0 aromatic heterocycles. The summed E-state index contributed by atoms with van der Waals surface area (Å²) in [5.41, 5.74) is 0.622. The number of nitrogens with one attached hydrogen (secondary N) is 1. The van der Waals surface area contributed by atoms with Gasteiger partial charge in [0.25, 0.3) is 0 Å². The van der Waals surface area contributed by atoms with Crippen molar-refractivity contribution in [3.05, 3.63) is 47.5 Å². The fraction of sp³-hybridized carbons (Fsp3) is 0.607. The largest absolute Gasteiger partial charge is 0.342 e. The molecular formula is C28H45N3O3. The molecular weight excluding hydrogens is 426 g/mol. The van der Waals surface area contributed by atoms with Gasteiger partial charge in [0.15, 0.2) is 0 Å².